The molecule has 0 bridgehead atoms. The summed E-state index contributed by atoms with van der Waals surface area (Å²) in [5.74, 6) is 1.54. The Kier molecular flexibility index (Phi) is 7.52. The van der Waals surface area contributed by atoms with Crippen molar-refractivity contribution >= 4 is 17.8 Å². The number of nitrogens with zero attached hydrogens (tertiary/aromatic N) is 3. The predicted octanol–water partition coefficient (Wildman–Crippen LogP) is 0.811. The van der Waals surface area contributed by atoms with Crippen LogP contribution >= 0.6 is 0 Å². The first-order chi connectivity index (χ1) is 12.0. The summed E-state index contributed by atoms with van der Waals surface area (Å²) in [5.41, 5.74) is 0. The number of hydrogen-bond donors (Lipinski definition) is 2. The molecule has 1 atom stereocenters. The van der Waals surface area contributed by atoms with Gasteiger partial charge in [0, 0.05) is 46.7 Å². The van der Waals surface area contributed by atoms with Crippen LogP contribution in [0.15, 0.2) is 4.99 Å². The van der Waals surface area contributed by atoms with Crippen LogP contribution in [0.1, 0.15) is 44.9 Å². The molecule has 1 saturated heterocycles. The molecule has 1 saturated carbocycles. The third kappa shape index (κ3) is 6.55. The highest BCUT2D eigenvalue weighted by Crippen LogP contribution is 2.22. The van der Waals surface area contributed by atoms with Crippen molar-refractivity contribution in [3.8, 4) is 0 Å². The lowest BCUT2D eigenvalue weighted by Gasteiger charge is -2.31. The van der Waals surface area contributed by atoms with Gasteiger partial charge in [0.05, 0.1) is 0 Å². The minimum absolute atomic E-state index is 0.0188. The summed E-state index contributed by atoms with van der Waals surface area (Å²) in [6.07, 6.45) is 7.84. The van der Waals surface area contributed by atoms with Crippen LogP contribution in [-0.2, 0) is 9.59 Å². The molecule has 1 aliphatic carbocycles. The molecule has 25 heavy (non-hydrogen) atoms. The lowest BCUT2D eigenvalue weighted by atomic mass is 9.89. The smallest absolute Gasteiger partial charge is 0.243 e. The van der Waals surface area contributed by atoms with E-state index in [9.17, 15) is 9.59 Å². The highest BCUT2D eigenvalue weighted by Gasteiger charge is 2.24. The molecular formula is C18H33N5O2. The van der Waals surface area contributed by atoms with E-state index in [2.05, 4.69) is 15.6 Å². The van der Waals surface area contributed by atoms with Crippen molar-refractivity contribution in [3.05, 3.63) is 0 Å². The van der Waals surface area contributed by atoms with Crippen molar-refractivity contribution in [3.63, 3.8) is 0 Å². The molecule has 0 radical (unpaired) electrons. The molecule has 7 nitrogen and oxygen atoms in total. The molecule has 2 rings (SSSR count). The van der Waals surface area contributed by atoms with Crippen molar-refractivity contribution in [2.45, 2.75) is 51.0 Å². The van der Waals surface area contributed by atoms with Gasteiger partial charge >= 0.3 is 0 Å². The third-order valence-electron chi connectivity index (χ3n) is 5.12. The van der Waals surface area contributed by atoms with E-state index >= 15 is 0 Å². The van der Waals surface area contributed by atoms with E-state index in [4.69, 9.17) is 0 Å². The molecule has 0 spiro atoms. The lowest BCUT2D eigenvalue weighted by molar-refractivity contribution is -0.132. The van der Waals surface area contributed by atoms with Gasteiger partial charge in [0.2, 0.25) is 11.8 Å². The summed E-state index contributed by atoms with van der Waals surface area (Å²) in [7, 11) is 5.31. The molecule has 0 aromatic rings. The van der Waals surface area contributed by atoms with Gasteiger partial charge < -0.3 is 20.4 Å². The van der Waals surface area contributed by atoms with Crippen LogP contribution in [0.4, 0.5) is 0 Å². The lowest BCUT2D eigenvalue weighted by Crippen LogP contribution is -2.52. The van der Waals surface area contributed by atoms with Crippen LogP contribution in [0.3, 0.4) is 0 Å². The molecule has 2 fully saturated rings. The summed E-state index contributed by atoms with van der Waals surface area (Å²) in [5, 5.41) is 6.84. The SMILES string of the molecule is CN(C)C(=O)CN=C(NCC1CCCCC1)NC1CCC(=O)N(C)C1. The molecule has 1 aliphatic heterocycles. The van der Waals surface area contributed by atoms with Gasteiger partial charge in [-0.3, -0.25) is 9.59 Å². The Labute approximate surface area is 151 Å². The minimum Gasteiger partial charge on any atom is -0.356 e. The first-order valence-electron chi connectivity index (χ1n) is 9.44. The summed E-state index contributed by atoms with van der Waals surface area (Å²) in [6, 6.07) is 0.176. The predicted molar refractivity (Wildman–Crippen MR) is 99.4 cm³/mol. The zero-order valence-corrected chi connectivity index (χ0v) is 15.9. The number of likely N-dealkylation sites (N-methyl/N-ethyl adjacent to an activating group) is 2. The zero-order chi connectivity index (χ0) is 18.2. The standard InChI is InChI=1S/C18H33N5O2/c1-22(2)17(25)12-20-18(19-11-14-7-5-4-6-8-14)21-15-9-10-16(24)23(3)13-15/h14-15H,4-13H2,1-3H3,(H2,19,20,21). The van der Waals surface area contributed by atoms with Crippen molar-refractivity contribution in [1.82, 2.24) is 20.4 Å². The first-order valence-corrected chi connectivity index (χ1v) is 9.44. The van der Waals surface area contributed by atoms with Crippen LogP contribution < -0.4 is 10.6 Å². The van der Waals surface area contributed by atoms with Gasteiger partial charge in [0.1, 0.15) is 6.54 Å². The molecule has 1 unspecified atom stereocenters. The molecule has 2 N–H and O–H groups in total. The Morgan fingerprint density at radius 1 is 1.24 bits per heavy atom. The van der Waals surface area contributed by atoms with Gasteiger partial charge in [-0.1, -0.05) is 19.3 Å². The third-order valence-corrected chi connectivity index (χ3v) is 5.12. The fourth-order valence-electron chi connectivity index (χ4n) is 3.40. The van der Waals surface area contributed by atoms with E-state index in [1.807, 2.05) is 7.05 Å². The number of carbonyl (C=O) groups excluding carboxylic acids is 2. The number of rotatable bonds is 5. The average Bonchev–Trinajstić information content (AvgIpc) is 2.61. The van der Waals surface area contributed by atoms with E-state index in [1.165, 1.54) is 32.1 Å². The molecule has 2 aliphatic rings. The van der Waals surface area contributed by atoms with Crippen LogP contribution in [-0.4, -0.2) is 74.4 Å². The monoisotopic (exact) mass is 351 g/mol. The van der Waals surface area contributed by atoms with Crippen LogP contribution in [0.2, 0.25) is 0 Å². The summed E-state index contributed by atoms with van der Waals surface area (Å²) < 4.78 is 0. The molecule has 2 amide bonds. The molecule has 0 aromatic heterocycles. The highest BCUT2D eigenvalue weighted by molar-refractivity contribution is 5.85. The Morgan fingerprint density at radius 3 is 2.60 bits per heavy atom. The van der Waals surface area contributed by atoms with E-state index in [-0.39, 0.29) is 24.4 Å². The number of aliphatic imine (C=N–C) groups is 1. The number of guanidine groups is 1. The number of piperidine rings is 1. The van der Waals surface area contributed by atoms with Gasteiger partial charge in [-0.05, 0) is 25.2 Å². The fraction of sp³-hybridized carbons (Fsp3) is 0.833. The van der Waals surface area contributed by atoms with Gasteiger partial charge in [0.15, 0.2) is 5.96 Å². The Morgan fingerprint density at radius 2 is 1.96 bits per heavy atom. The van der Waals surface area contributed by atoms with Gasteiger partial charge in [0.25, 0.3) is 0 Å². The van der Waals surface area contributed by atoms with E-state index in [1.54, 1.807) is 23.9 Å². The number of hydrogen-bond acceptors (Lipinski definition) is 3. The number of amides is 2. The molecule has 0 aromatic carbocycles. The van der Waals surface area contributed by atoms with Gasteiger partial charge in [-0.25, -0.2) is 4.99 Å². The van der Waals surface area contributed by atoms with Crippen LogP contribution in [0.25, 0.3) is 0 Å². The second-order valence-corrected chi connectivity index (χ2v) is 7.49. The number of likely N-dealkylation sites (tertiary alicyclic amines) is 1. The quantitative estimate of drug-likeness (QED) is 0.568. The van der Waals surface area contributed by atoms with E-state index in [0.29, 0.717) is 24.8 Å². The van der Waals surface area contributed by atoms with Crippen LogP contribution in [0, 0.1) is 5.92 Å². The Balaban J connectivity index is 1.91. The highest BCUT2D eigenvalue weighted by atomic mass is 16.2. The maximum Gasteiger partial charge on any atom is 0.243 e. The second-order valence-electron chi connectivity index (χ2n) is 7.49. The molecular weight excluding hydrogens is 318 g/mol. The van der Waals surface area contributed by atoms with Crippen LogP contribution in [0.5, 0.6) is 0 Å². The molecule has 1 heterocycles. The topological polar surface area (TPSA) is 77.0 Å². The van der Waals surface area contributed by atoms with Crippen molar-refractivity contribution in [2.24, 2.45) is 10.9 Å². The Hall–Kier alpha value is -1.79. The zero-order valence-electron chi connectivity index (χ0n) is 15.9. The minimum atomic E-state index is -0.0188. The normalized spacial score (nSPS) is 22.7. The average molecular weight is 351 g/mol. The van der Waals surface area contributed by atoms with Crippen molar-refractivity contribution in [2.75, 3.05) is 40.8 Å². The number of carbonyl (C=O) groups is 2. The maximum atomic E-state index is 11.9. The van der Waals surface area contributed by atoms with E-state index < -0.39 is 0 Å². The maximum absolute atomic E-state index is 11.9. The largest absolute Gasteiger partial charge is 0.356 e. The fourth-order valence-corrected chi connectivity index (χ4v) is 3.40. The second kappa shape index (κ2) is 9.63. The first kappa shape index (κ1) is 19.5. The summed E-state index contributed by atoms with van der Waals surface area (Å²) in [4.78, 5) is 31.3. The Bertz CT molecular complexity index is 486. The summed E-state index contributed by atoms with van der Waals surface area (Å²) in [6.45, 7) is 1.70. The summed E-state index contributed by atoms with van der Waals surface area (Å²) >= 11 is 0. The van der Waals surface area contributed by atoms with Crippen molar-refractivity contribution < 1.29 is 9.59 Å². The van der Waals surface area contributed by atoms with Gasteiger partial charge in [-0.15, -0.1) is 0 Å². The number of nitrogens with one attached hydrogen (secondary N) is 2. The molecule has 7 heteroatoms. The van der Waals surface area contributed by atoms with Gasteiger partial charge in [-0.2, -0.15) is 0 Å². The molecule has 142 valence electrons. The van der Waals surface area contributed by atoms with Crippen molar-refractivity contribution in [1.29, 1.82) is 0 Å². The van der Waals surface area contributed by atoms with E-state index in [0.717, 1.165) is 13.0 Å².